The van der Waals surface area contributed by atoms with Gasteiger partial charge in [-0.15, -0.1) is 34.2 Å². The largest absolute Gasteiger partial charge is 0.379 e. The number of methoxy groups -OCH3 is 1. The zero-order valence-corrected chi connectivity index (χ0v) is 17.6. The first-order valence-electron chi connectivity index (χ1n) is 7.69. The van der Waals surface area contributed by atoms with Crippen LogP contribution in [0.2, 0.25) is 0 Å². The molecular formula is C15H31IN6O. The fourth-order valence-electron chi connectivity index (χ4n) is 2.01. The molecule has 0 bridgehead atoms. The highest BCUT2D eigenvalue weighted by atomic mass is 127. The third-order valence-corrected chi connectivity index (χ3v) is 3.61. The third kappa shape index (κ3) is 7.03. The van der Waals surface area contributed by atoms with E-state index in [1.165, 1.54) is 0 Å². The number of nitrogens with zero attached hydrogens (tertiary/aromatic N) is 4. The van der Waals surface area contributed by atoms with Crippen molar-refractivity contribution in [1.29, 1.82) is 0 Å². The first-order chi connectivity index (χ1) is 10.3. The van der Waals surface area contributed by atoms with E-state index in [1.54, 1.807) is 7.11 Å². The Morgan fingerprint density at radius 2 is 1.96 bits per heavy atom. The number of rotatable bonds is 6. The summed E-state index contributed by atoms with van der Waals surface area (Å²) < 4.78 is 7.50. The summed E-state index contributed by atoms with van der Waals surface area (Å²) in [6.45, 7) is 12.4. The van der Waals surface area contributed by atoms with Crippen molar-refractivity contribution in [3.63, 3.8) is 0 Å². The third-order valence-electron chi connectivity index (χ3n) is 3.61. The Hall–Kier alpha value is -0.900. The summed E-state index contributed by atoms with van der Waals surface area (Å²) in [5.74, 6) is 2.48. The minimum atomic E-state index is 0. The highest BCUT2D eigenvalue weighted by molar-refractivity contribution is 14.0. The van der Waals surface area contributed by atoms with E-state index in [2.05, 4.69) is 46.6 Å². The molecule has 134 valence electrons. The highest BCUT2D eigenvalue weighted by Gasteiger charge is 2.24. The summed E-state index contributed by atoms with van der Waals surface area (Å²) in [4.78, 5) is 4.56. The van der Waals surface area contributed by atoms with Gasteiger partial charge in [-0.3, -0.25) is 0 Å². The van der Waals surface area contributed by atoms with Gasteiger partial charge in [-0.25, -0.2) is 4.99 Å². The molecular weight excluding hydrogens is 407 g/mol. The van der Waals surface area contributed by atoms with E-state index in [-0.39, 0.29) is 35.5 Å². The molecule has 8 heteroatoms. The smallest absolute Gasteiger partial charge is 0.191 e. The van der Waals surface area contributed by atoms with Crippen LogP contribution in [-0.4, -0.2) is 47.0 Å². The summed E-state index contributed by atoms with van der Waals surface area (Å²) >= 11 is 0. The molecule has 0 aliphatic heterocycles. The van der Waals surface area contributed by atoms with Gasteiger partial charge in [-0.1, -0.05) is 20.8 Å². The summed E-state index contributed by atoms with van der Waals surface area (Å²) in [6.07, 6.45) is 0.105. The number of hydrogen-bond donors (Lipinski definition) is 2. The van der Waals surface area contributed by atoms with E-state index in [9.17, 15) is 0 Å². The average Bonchev–Trinajstić information content (AvgIpc) is 2.75. The average molecular weight is 438 g/mol. The second kappa shape index (κ2) is 10.1. The first-order valence-corrected chi connectivity index (χ1v) is 7.69. The van der Waals surface area contributed by atoms with Crippen LogP contribution in [0.1, 0.15) is 39.3 Å². The molecule has 23 heavy (non-hydrogen) atoms. The second-order valence-corrected chi connectivity index (χ2v) is 6.39. The summed E-state index contributed by atoms with van der Waals surface area (Å²) in [7, 11) is 3.69. The number of ether oxygens (including phenoxy) is 1. The van der Waals surface area contributed by atoms with E-state index >= 15 is 0 Å². The Morgan fingerprint density at radius 1 is 1.30 bits per heavy atom. The highest BCUT2D eigenvalue weighted by Crippen LogP contribution is 2.20. The van der Waals surface area contributed by atoms with Crippen molar-refractivity contribution in [3.8, 4) is 0 Å². The Bertz CT molecular complexity index is 495. The van der Waals surface area contributed by atoms with Gasteiger partial charge in [-0.05, 0) is 19.3 Å². The summed E-state index contributed by atoms with van der Waals surface area (Å²) in [6, 6.07) is 0. The SMILES string of the molecule is CCNC(=NCc1nnc(C)n1C)NCC(OC)C(C)(C)C.I. The van der Waals surface area contributed by atoms with Gasteiger partial charge in [0.05, 0.1) is 6.10 Å². The van der Waals surface area contributed by atoms with Crippen LogP contribution < -0.4 is 10.6 Å². The molecule has 0 radical (unpaired) electrons. The Balaban J connectivity index is 0.00000484. The van der Waals surface area contributed by atoms with Gasteiger partial charge in [0.2, 0.25) is 0 Å². The van der Waals surface area contributed by atoms with Gasteiger partial charge in [0.25, 0.3) is 0 Å². The number of aliphatic imine (C=N–C) groups is 1. The molecule has 0 amide bonds. The first kappa shape index (κ1) is 22.1. The molecule has 1 rings (SSSR count). The molecule has 7 nitrogen and oxygen atoms in total. The molecule has 0 saturated heterocycles. The second-order valence-electron chi connectivity index (χ2n) is 6.39. The minimum Gasteiger partial charge on any atom is -0.379 e. The molecule has 1 atom stereocenters. The number of guanidine groups is 1. The van der Waals surface area contributed by atoms with E-state index in [1.807, 2.05) is 25.5 Å². The Kier molecular flexibility index (Phi) is 9.67. The zero-order valence-electron chi connectivity index (χ0n) is 15.3. The van der Waals surface area contributed by atoms with Crippen molar-refractivity contribution >= 4 is 29.9 Å². The van der Waals surface area contributed by atoms with Gasteiger partial charge in [-0.2, -0.15) is 0 Å². The zero-order chi connectivity index (χ0) is 16.8. The molecule has 0 fully saturated rings. The lowest BCUT2D eigenvalue weighted by molar-refractivity contribution is 0.0205. The van der Waals surface area contributed by atoms with Crippen LogP contribution in [0.5, 0.6) is 0 Å². The van der Waals surface area contributed by atoms with Crippen molar-refractivity contribution in [1.82, 2.24) is 25.4 Å². The predicted octanol–water partition coefficient (Wildman–Crippen LogP) is 1.86. The van der Waals surface area contributed by atoms with Crippen LogP contribution in [0.4, 0.5) is 0 Å². The van der Waals surface area contributed by atoms with Crippen LogP contribution in [0.15, 0.2) is 4.99 Å². The molecule has 1 heterocycles. The molecule has 1 aromatic heterocycles. The maximum Gasteiger partial charge on any atom is 0.191 e. The molecule has 2 N–H and O–H groups in total. The van der Waals surface area contributed by atoms with Gasteiger partial charge >= 0.3 is 0 Å². The number of halogens is 1. The van der Waals surface area contributed by atoms with E-state index < -0.39 is 0 Å². The molecule has 1 aromatic rings. The van der Waals surface area contributed by atoms with Crippen LogP contribution in [0.3, 0.4) is 0 Å². The van der Waals surface area contributed by atoms with Crippen molar-refractivity contribution in [2.75, 3.05) is 20.2 Å². The lowest BCUT2D eigenvalue weighted by Gasteiger charge is -2.30. The van der Waals surface area contributed by atoms with Crippen molar-refractivity contribution in [3.05, 3.63) is 11.6 Å². The van der Waals surface area contributed by atoms with Crippen molar-refractivity contribution in [2.45, 2.75) is 47.3 Å². The standard InChI is InChI=1S/C15H30N6O.HI/c1-8-16-14(17-9-12(22-7)15(3,4)5)18-10-13-20-19-11(2)21(13)6;/h12H,8-10H2,1-7H3,(H2,16,17,18);1H. The number of aromatic nitrogens is 3. The van der Waals surface area contributed by atoms with Gasteiger partial charge in [0.1, 0.15) is 12.4 Å². The molecule has 0 spiro atoms. The Labute approximate surface area is 156 Å². The Morgan fingerprint density at radius 3 is 2.39 bits per heavy atom. The molecule has 0 saturated carbocycles. The normalized spacial score (nSPS) is 13.4. The van der Waals surface area contributed by atoms with E-state index in [0.717, 1.165) is 24.2 Å². The van der Waals surface area contributed by atoms with Gasteiger partial charge < -0.3 is 19.9 Å². The predicted molar refractivity (Wildman–Crippen MR) is 104 cm³/mol. The van der Waals surface area contributed by atoms with Crippen LogP contribution in [0, 0.1) is 12.3 Å². The maximum atomic E-state index is 5.56. The maximum absolute atomic E-state index is 5.56. The summed E-state index contributed by atoms with van der Waals surface area (Å²) in [5.41, 5.74) is 0.0692. The number of nitrogens with one attached hydrogen (secondary N) is 2. The summed E-state index contributed by atoms with van der Waals surface area (Å²) in [5, 5.41) is 14.7. The molecule has 0 aliphatic rings. The van der Waals surface area contributed by atoms with Crippen molar-refractivity contribution in [2.24, 2.45) is 17.5 Å². The van der Waals surface area contributed by atoms with Crippen LogP contribution >= 0.6 is 24.0 Å². The number of aryl methyl sites for hydroxylation is 1. The lowest BCUT2D eigenvalue weighted by Crippen LogP contribution is -2.45. The van der Waals surface area contributed by atoms with Crippen LogP contribution in [0.25, 0.3) is 0 Å². The monoisotopic (exact) mass is 438 g/mol. The molecule has 1 unspecified atom stereocenters. The minimum absolute atomic E-state index is 0. The van der Waals surface area contributed by atoms with Crippen LogP contribution in [-0.2, 0) is 18.3 Å². The van der Waals surface area contributed by atoms with Gasteiger partial charge in [0.15, 0.2) is 11.8 Å². The topological polar surface area (TPSA) is 76.4 Å². The van der Waals surface area contributed by atoms with E-state index in [0.29, 0.717) is 13.1 Å². The molecule has 0 aromatic carbocycles. The lowest BCUT2D eigenvalue weighted by atomic mass is 9.89. The fraction of sp³-hybridized carbons (Fsp3) is 0.800. The van der Waals surface area contributed by atoms with Crippen molar-refractivity contribution < 1.29 is 4.74 Å². The molecule has 0 aliphatic carbocycles. The van der Waals surface area contributed by atoms with E-state index in [4.69, 9.17) is 4.74 Å². The van der Waals surface area contributed by atoms with Gasteiger partial charge in [0, 0.05) is 27.2 Å². The quantitative estimate of drug-likeness (QED) is 0.403. The fourth-order valence-corrected chi connectivity index (χ4v) is 2.01. The number of hydrogen-bond acceptors (Lipinski definition) is 4.